The summed E-state index contributed by atoms with van der Waals surface area (Å²) in [6.45, 7) is 13.3. The van der Waals surface area contributed by atoms with Crippen LogP contribution in [0.1, 0.15) is 57.7 Å². The molecule has 0 amide bonds. The van der Waals surface area contributed by atoms with E-state index >= 15 is 0 Å². The van der Waals surface area contributed by atoms with Gasteiger partial charge in [0, 0.05) is 11.0 Å². The van der Waals surface area contributed by atoms with Crippen molar-refractivity contribution in [1.82, 2.24) is 0 Å². The third kappa shape index (κ3) is 4.01. The normalized spacial score (nSPS) is 15.3. The first-order valence-electron chi connectivity index (χ1n) is 10.5. The van der Waals surface area contributed by atoms with Crippen molar-refractivity contribution >= 4 is 16.3 Å². The molecule has 0 aromatic heterocycles. The summed E-state index contributed by atoms with van der Waals surface area (Å²) < 4.78 is 0. The Balaban J connectivity index is 1.87. The van der Waals surface area contributed by atoms with Crippen molar-refractivity contribution in [3.05, 3.63) is 77.4 Å². The van der Waals surface area contributed by atoms with Gasteiger partial charge in [0.05, 0.1) is 0 Å². The average Bonchev–Trinajstić information content (AvgIpc) is 2.66. The summed E-state index contributed by atoms with van der Waals surface area (Å²) in [6.07, 6.45) is 3.36. The molecule has 0 aliphatic heterocycles. The van der Waals surface area contributed by atoms with Crippen molar-refractivity contribution in [3.63, 3.8) is 0 Å². The number of aryl methyl sites for hydroxylation is 1. The number of hydrogen-bond donors (Lipinski definition) is 0. The molecule has 1 aliphatic carbocycles. The highest BCUT2D eigenvalue weighted by atomic mass is 14.3. The quantitative estimate of drug-likeness (QED) is 0.377. The van der Waals surface area contributed by atoms with E-state index in [1.54, 1.807) is 0 Å². The Hall–Kier alpha value is -2.78. The maximum Gasteiger partial charge on any atom is 0.0281 e. The molecule has 0 fully saturated rings. The Labute approximate surface area is 175 Å². The van der Waals surface area contributed by atoms with Crippen LogP contribution >= 0.6 is 0 Å². The molecule has 0 heteroatoms. The maximum atomic E-state index is 3.48. The second-order valence-corrected chi connectivity index (χ2v) is 10.0. The lowest BCUT2D eigenvalue weighted by molar-refractivity contribution is 0.528. The monoisotopic (exact) mass is 378 g/mol. The summed E-state index contributed by atoms with van der Waals surface area (Å²) in [4.78, 5) is 0. The Morgan fingerprint density at radius 3 is 2.21 bits per heavy atom. The molecule has 146 valence electrons. The SMILES string of the molecule is Cc1ccc(-c2ccc3cc4c(cc3c2)C(C#CC(C)(C)C)=CCC4(C)C)cc1. The first-order valence-corrected chi connectivity index (χ1v) is 10.5. The zero-order chi connectivity index (χ0) is 20.8. The molecule has 0 heterocycles. The van der Waals surface area contributed by atoms with Gasteiger partial charge in [0.25, 0.3) is 0 Å². The highest BCUT2D eigenvalue weighted by molar-refractivity contribution is 5.94. The van der Waals surface area contributed by atoms with Gasteiger partial charge in [0.1, 0.15) is 0 Å². The minimum Gasteiger partial charge on any atom is -0.0919 e. The van der Waals surface area contributed by atoms with Crippen molar-refractivity contribution in [3.8, 4) is 23.0 Å². The lowest BCUT2D eigenvalue weighted by Gasteiger charge is -2.31. The third-order valence-corrected chi connectivity index (χ3v) is 5.77. The Kier molecular flexibility index (Phi) is 4.66. The number of hydrogen-bond acceptors (Lipinski definition) is 0. The van der Waals surface area contributed by atoms with Crippen LogP contribution < -0.4 is 0 Å². The molecule has 0 atom stereocenters. The molecule has 0 radical (unpaired) electrons. The van der Waals surface area contributed by atoms with Crippen LogP contribution in [-0.2, 0) is 5.41 Å². The van der Waals surface area contributed by atoms with E-state index in [0.29, 0.717) is 0 Å². The second kappa shape index (κ2) is 6.93. The fourth-order valence-electron chi connectivity index (χ4n) is 3.96. The third-order valence-electron chi connectivity index (χ3n) is 5.77. The minimum absolute atomic E-state index is 0.00340. The van der Waals surface area contributed by atoms with Crippen LogP contribution in [-0.4, -0.2) is 0 Å². The Morgan fingerprint density at radius 1 is 0.828 bits per heavy atom. The van der Waals surface area contributed by atoms with Crippen LogP contribution in [0.15, 0.2) is 60.7 Å². The van der Waals surface area contributed by atoms with Crippen LogP contribution in [0.3, 0.4) is 0 Å². The fourth-order valence-corrected chi connectivity index (χ4v) is 3.96. The van der Waals surface area contributed by atoms with E-state index in [0.717, 1.165) is 6.42 Å². The molecule has 29 heavy (non-hydrogen) atoms. The van der Waals surface area contributed by atoms with Gasteiger partial charge in [-0.15, -0.1) is 0 Å². The van der Waals surface area contributed by atoms with Crippen LogP contribution in [0, 0.1) is 24.2 Å². The number of benzene rings is 3. The van der Waals surface area contributed by atoms with Gasteiger partial charge in [-0.2, -0.15) is 0 Å². The molecule has 0 N–H and O–H groups in total. The highest BCUT2D eigenvalue weighted by Crippen LogP contribution is 2.41. The zero-order valence-corrected chi connectivity index (χ0v) is 18.5. The van der Waals surface area contributed by atoms with Gasteiger partial charge in [0.2, 0.25) is 0 Å². The molecule has 4 rings (SSSR count). The molecule has 0 bridgehead atoms. The van der Waals surface area contributed by atoms with Crippen molar-refractivity contribution in [2.24, 2.45) is 5.41 Å². The summed E-state index contributed by atoms with van der Waals surface area (Å²) in [5.41, 5.74) is 7.84. The molecule has 0 nitrogen and oxygen atoms in total. The minimum atomic E-state index is 0.00340. The van der Waals surface area contributed by atoms with Gasteiger partial charge in [-0.25, -0.2) is 0 Å². The first-order chi connectivity index (χ1) is 13.6. The predicted octanol–water partition coefficient (Wildman–Crippen LogP) is 7.93. The number of allylic oxidation sites excluding steroid dienone is 2. The van der Waals surface area contributed by atoms with Crippen molar-refractivity contribution in [2.75, 3.05) is 0 Å². The topological polar surface area (TPSA) is 0 Å². The van der Waals surface area contributed by atoms with E-state index in [-0.39, 0.29) is 10.8 Å². The zero-order valence-electron chi connectivity index (χ0n) is 18.5. The molecule has 1 aliphatic rings. The lowest BCUT2D eigenvalue weighted by atomic mass is 9.72. The summed E-state index contributed by atoms with van der Waals surface area (Å²) in [6, 6.07) is 20.3. The van der Waals surface area contributed by atoms with E-state index in [1.807, 2.05) is 0 Å². The maximum absolute atomic E-state index is 3.48. The van der Waals surface area contributed by atoms with Crippen LogP contribution in [0.25, 0.3) is 27.5 Å². The summed E-state index contributed by atoms with van der Waals surface area (Å²) in [7, 11) is 0. The van der Waals surface area contributed by atoms with E-state index in [2.05, 4.69) is 114 Å². The fraction of sp³-hybridized carbons (Fsp3) is 0.310. The Bertz CT molecular complexity index is 1170. The van der Waals surface area contributed by atoms with Gasteiger partial charge >= 0.3 is 0 Å². The lowest BCUT2D eigenvalue weighted by Crippen LogP contribution is -2.21. The van der Waals surface area contributed by atoms with Crippen molar-refractivity contribution in [1.29, 1.82) is 0 Å². The van der Waals surface area contributed by atoms with Crippen LogP contribution in [0.4, 0.5) is 0 Å². The van der Waals surface area contributed by atoms with Crippen LogP contribution in [0.2, 0.25) is 0 Å². The van der Waals surface area contributed by atoms with E-state index in [1.165, 1.54) is 44.2 Å². The number of rotatable bonds is 1. The number of fused-ring (bicyclic) bond motifs is 2. The smallest absolute Gasteiger partial charge is 0.0281 e. The van der Waals surface area contributed by atoms with Crippen molar-refractivity contribution < 1.29 is 0 Å². The van der Waals surface area contributed by atoms with Gasteiger partial charge in [-0.05, 0) is 90.8 Å². The average molecular weight is 379 g/mol. The first kappa shape index (κ1) is 19.5. The molecule has 0 saturated heterocycles. The standard InChI is InChI=1S/C29H30/c1-20-7-9-21(10-8-20)23-11-12-24-19-27-26(18-25(24)17-23)22(13-15-28(2,3)4)14-16-29(27,5)6/h7-12,14,17-19H,16H2,1-6H3. The summed E-state index contributed by atoms with van der Waals surface area (Å²) >= 11 is 0. The van der Waals surface area contributed by atoms with E-state index in [9.17, 15) is 0 Å². The Morgan fingerprint density at radius 2 is 1.52 bits per heavy atom. The highest BCUT2D eigenvalue weighted by Gasteiger charge is 2.28. The van der Waals surface area contributed by atoms with Crippen LogP contribution in [0.5, 0.6) is 0 Å². The van der Waals surface area contributed by atoms with Gasteiger partial charge in [-0.3, -0.25) is 0 Å². The van der Waals surface area contributed by atoms with E-state index < -0.39 is 0 Å². The molecule has 0 unspecified atom stereocenters. The largest absolute Gasteiger partial charge is 0.0919 e. The van der Waals surface area contributed by atoms with Gasteiger partial charge in [-0.1, -0.05) is 73.7 Å². The molecular weight excluding hydrogens is 348 g/mol. The summed E-state index contributed by atoms with van der Waals surface area (Å²) in [5.74, 6) is 6.92. The van der Waals surface area contributed by atoms with Gasteiger partial charge in [0.15, 0.2) is 0 Å². The second-order valence-electron chi connectivity index (χ2n) is 10.0. The molecule has 3 aromatic carbocycles. The predicted molar refractivity (Wildman–Crippen MR) is 127 cm³/mol. The van der Waals surface area contributed by atoms with Crippen molar-refractivity contribution in [2.45, 2.75) is 53.4 Å². The summed E-state index contributed by atoms with van der Waals surface area (Å²) in [5, 5.41) is 2.58. The molecular formula is C29H30. The molecule has 0 saturated carbocycles. The van der Waals surface area contributed by atoms with E-state index in [4.69, 9.17) is 0 Å². The van der Waals surface area contributed by atoms with Gasteiger partial charge < -0.3 is 0 Å². The molecule has 3 aromatic rings. The molecule has 0 spiro atoms.